The molecule has 2 unspecified atom stereocenters. The average molecular weight is 224 g/mol. The molecule has 3 aliphatic rings. The largest absolute Gasteiger partial charge is 0.386 e. The summed E-state index contributed by atoms with van der Waals surface area (Å²) < 4.78 is 0. The molecule has 1 amide bonds. The molecule has 2 aliphatic carbocycles. The molecule has 0 spiro atoms. The van der Waals surface area contributed by atoms with Crippen LogP contribution < -0.4 is 5.73 Å². The Bertz CT molecular complexity index is 308. The van der Waals surface area contributed by atoms with Crippen molar-refractivity contribution in [2.45, 2.75) is 43.7 Å². The van der Waals surface area contributed by atoms with Gasteiger partial charge in [-0.25, -0.2) is 0 Å². The van der Waals surface area contributed by atoms with E-state index in [4.69, 9.17) is 5.73 Å². The van der Waals surface area contributed by atoms with E-state index in [1.54, 1.807) is 4.90 Å². The standard InChI is InChI=1S/C12H20N2O2/c13-10-3-1-2-9(10)11(15)14-6-12(16,7-14)8-4-5-8/h8-10,16H,1-7,13H2. The fraction of sp³-hybridized carbons (Fsp3) is 0.917. The zero-order chi connectivity index (χ0) is 11.3. The van der Waals surface area contributed by atoms with E-state index in [2.05, 4.69) is 0 Å². The molecule has 3 rings (SSSR count). The van der Waals surface area contributed by atoms with Crippen molar-refractivity contribution in [3.63, 3.8) is 0 Å². The summed E-state index contributed by atoms with van der Waals surface area (Å²) in [7, 11) is 0. The molecule has 0 bridgehead atoms. The second kappa shape index (κ2) is 3.44. The van der Waals surface area contributed by atoms with Gasteiger partial charge in [-0.2, -0.15) is 0 Å². The minimum atomic E-state index is -0.557. The van der Waals surface area contributed by atoms with Crippen LogP contribution in [-0.2, 0) is 4.79 Å². The molecule has 90 valence electrons. The number of carbonyl (C=O) groups excluding carboxylic acids is 1. The van der Waals surface area contributed by atoms with Crippen molar-refractivity contribution in [2.24, 2.45) is 17.6 Å². The molecule has 1 aliphatic heterocycles. The second-order valence-corrected chi connectivity index (χ2v) is 5.77. The quantitative estimate of drug-likeness (QED) is 0.699. The average Bonchev–Trinajstić information content (AvgIpc) is 2.97. The van der Waals surface area contributed by atoms with E-state index < -0.39 is 5.60 Å². The first-order valence-electron chi connectivity index (χ1n) is 6.37. The molecule has 3 N–H and O–H groups in total. The minimum Gasteiger partial charge on any atom is -0.386 e. The van der Waals surface area contributed by atoms with E-state index in [9.17, 15) is 9.90 Å². The summed E-state index contributed by atoms with van der Waals surface area (Å²) in [5, 5.41) is 10.2. The lowest BCUT2D eigenvalue weighted by molar-refractivity contribution is -0.163. The Kier molecular flexibility index (Phi) is 2.27. The topological polar surface area (TPSA) is 66.6 Å². The van der Waals surface area contributed by atoms with Crippen molar-refractivity contribution in [1.29, 1.82) is 0 Å². The normalized spacial score (nSPS) is 37.2. The third-order valence-electron chi connectivity index (χ3n) is 4.46. The molecule has 1 heterocycles. The first kappa shape index (κ1) is 10.5. The van der Waals surface area contributed by atoms with Gasteiger partial charge in [-0.1, -0.05) is 6.42 Å². The number of β-amino-alcohol motifs (C(OH)–C–C–N with tert-alkyl or cyclic N) is 1. The number of likely N-dealkylation sites (tertiary alicyclic amines) is 1. The number of carbonyl (C=O) groups is 1. The SMILES string of the molecule is NC1CCCC1C(=O)N1CC(O)(C2CC2)C1. The second-order valence-electron chi connectivity index (χ2n) is 5.77. The van der Waals surface area contributed by atoms with Gasteiger partial charge in [0, 0.05) is 6.04 Å². The molecule has 3 fully saturated rings. The van der Waals surface area contributed by atoms with Crippen LogP contribution in [0.3, 0.4) is 0 Å². The molecule has 0 radical (unpaired) electrons. The van der Waals surface area contributed by atoms with Gasteiger partial charge in [0.05, 0.1) is 19.0 Å². The highest BCUT2D eigenvalue weighted by Crippen LogP contribution is 2.45. The Balaban J connectivity index is 1.57. The lowest BCUT2D eigenvalue weighted by Gasteiger charge is -2.48. The van der Waals surface area contributed by atoms with Crippen LogP contribution in [0.5, 0.6) is 0 Å². The highest BCUT2D eigenvalue weighted by atomic mass is 16.3. The molecule has 4 heteroatoms. The molecule has 1 saturated heterocycles. The molecule has 2 atom stereocenters. The van der Waals surface area contributed by atoms with Gasteiger partial charge in [-0.05, 0) is 31.6 Å². The van der Waals surface area contributed by atoms with E-state index in [0.29, 0.717) is 19.0 Å². The molecular weight excluding hydrogens is 204 g/mol. The number of hydrogen-bond donors (Lipinski definition) is 2. The number of amides is 1. The van der Waals surface area contributed by atoms with Gasteiger partial charge < -0.3 is 15.7 Å². The fourth-order valence-electron chi connectivity index (χ4n) is 3.18. The summed E-state index contributed by atoms with van der Waals surface area (Å²) in [6.07, 6.45) is 5.22. The first-order valence-corrected chi connectivity index (χ1v) is 6.37. The summed E-state index contributed by atoms with van der Waals surface area (Å²) in [6, 6.07) is 0.0436. The minimum absolute atomic E-state index is 0.0174. The Labute approximate surface area is 95.8 Å². The van der Waals surface area contributed by atoms with Gasteiger partial charge in [0.25, 0.3) is 0 Å². The zero-order valence-corrected chi connectivity index (χ0v) is 9.56. The van der Waals surface area contributed by atoms with Gasteiger partial charge in [-0.15, -0.1) is 0 Å². The Morgan fingerprint density at radius 3 is 2.44 bits per heavy atom. The smallest absolute Gasteiger partial charge is 0.227 e. The summed E-state index contributed by atoms with van der Waals surface area (Å²) in [6.45, 7) is 1.08. The monoisotopic (exact) mass is 224 g/mol. The van der Waals surface area contributed by atoms with Gasteiger partial charge >= 0.3 is 0 Å². The number of nitrogens with zero attached hydrogens (tertiary/aromatic N) is 1. The van der Waals surface area contributed by atoms with Crippen LogP contribution >= 0.6 is 0 Å². The highest BCUT2D eigenvalue weighted by molar-refractivity contribution is 5.81. The number of rotatable bonds is 2. The number of hydrogen-bond acceptors (Lipinski definition) is 3. The predicted molar refractivity (Wildman–Crippen MR) is 59.6 cm³/mol. The van der Waals surface area contributed by atoms with E-state index >= 15 is 0 Å². The van der Waals surface area contributed by atoms with Crippen LogP contribution in [0.2, 0.25) is 0 Å². The van der Waals surface area contributed by atoms with Crippen LogP contribution in [0.25, 0.3) is 0 Å². The fourth-order valence-corrected chi connectivity index (χ4v) is 3.18. The third kappa shape index (κ3) is 1.55. The molecular formula is C12H20N2O2. The predicted octanol–water partition coefficient (Wildman–Crippen LogP) is 0.0971. The Hall–Kier alpha value is -0.610. The maximum absolute atomic E-state index is 12.1. The molecule has 16 heavy (non-hydrogen) atoms. The molecule has 0 aromatic heterocycles. The molecule has 4 nitrogen and oxygen atoms in total. The van der Waals surface area contributed by atoms with Crippen molar-refractivity contribution in [2.75, 3.05) is 13.1 Å². The van der Waals surface area contributed by atoms with E-state index in [-0.39, 0.29) is 17.9 Å². The molecule has 0 aromatic carbocycles. The van der Waals surface area contributed by atoms with Gasteiger partial charge in [0.1, 0.15) is 5.60 Å². The van der Waals surface area contributed by atoms with Crippen LogP contribution in [-0.4, -0.2) is 40.6 Å². The van der Waals surface area contributed by atoms with Gasteiger partial charge in [0.15, 0.2) is 0 Å². The van der Waals surface area contributed by atoms with E-state index in [1.807, 2.05) is 0 Å². The van der Waals surface area contributed by atoms with Crippen LogP contribution in [0.1, 0.15) is 32.1 Å². The zero-order valence-electron chi connectivity index (χ0n) is 9.56. The molecule has 2 saturated carbocycles. The number of aliphatic hydroxyl groups is 1. The van der Waals surface area contributed by atoms with Crippen LogP contribution in [0.15, 0.2) is 0 Å². The lowest BCUT2D eigenvalue weighted by Crippen LogP contribution is -2.66. The lowest BCUT2D eigenvalue weighted by atomic mass is 9.87. The van der Waals surface area contributed by atoms with Gasteiger partial charge in [-0.3, -0.25) is 4.79 Å². The maximum Gasteiger partial charge on any atom is 0.227 e. The van der Waals surface area contributed by atoms with Crippen molar-refractivity contribution >= 4 is 5.91 Å². The van der Waals surface area contributed by atoms with Crippen LogP contribution in [0, 0.1) is 11.8 Å². The Morgan fingerprint density at radius 2 is 1.94 bits per heavy atom. The number of nitrogens with two attached hydrogens (primary N) is 1. The molecule has 0 aromatic rings. The van der Waals surface area contributed by atoms with E-state index in [0.717, 1.165) is 32.1 Å². The summed E-state index contributed by atoms with van der Waals surface area (Å²) in [5.74, 6) is 0.646. The maximum atomic E-state index is 12.1. The van der Waals surface area contributed by atoms with Crippen molar-refractivity contribution in [3.8, 4) is 0 Å². The Morgan fingerprint density at radius 1 is 1.25 bits per heavy atom. The van der Waals surface area contributed by atoms with Crippen molar-refractivity contribution in [3.05, 3.63) is 0 Å². The van der Waals surface area contributed by atoms with Crippen LogP contribution in [0.4, 0.5) is 0 Å². The first-order chi connectivity index (χ1) is 7.60. The van der Waals surface area contributed by atoms with Gasteiger partial charge in [0.2, 0.25) is 5.91 Å². The third-order valence-corrected chi connectivity index (χ3v) is 4.46. The van der Waals surface area contributed by atoms with E-state index in [1.165, 1.54) is 0 Å². The summed E-state index contributed by atoms with van der Waals surface area (Å²) >= 11 is 0. The van der Waals surface area contributed by atoms with Crippen molar-refractivity contribution < 1.29 is 9.90 Å². The highest BCUT2D eigenvalue weighted by Gasteiger charge is 2.54. The van der Waals surface area contributed by atoms with Crippen molar-refractivity contribution in [1.82, 2.24) is 4.90 Å². The summed E-state index contributed by atoms with van der Waals surface area (Å²) in [4.78, 5) is 13.9. The summed E-state index contributed by atoms with van der Waals surface area (Å²) in [5.41, 5.74) is 5.37.